The van der Waals surface area contributed by atoms with E-state index >= 15 is 0 Å². The van der Waals surface area contributed by atoms with Crippen LogP contribution in [-0.4, -0.2) is 23.5 Å². The predicted octanol–water partition coefficient (Wildman–Crippen LogP) is 4.60. The van der Waals surface area contributed by atoms with Gasteiger partial charge in [-0.3, -0.25) is 9.69 Å². The van der Waals surface area contributed by atoms with E-state index in [0.717, 1.165) is 37.5 Å². The van der Waals surface area contributed by atoms with Gasteiger partial charge in [0.05, 0.1) is 0 Å². The van der Waals surface area contributed by atoms with Gasteiger partial charge < -0.3 is 10.1 Å². The number of rotatable bonds is 6. The normalized spacial score (nSPS) is 17.1. The molecular formula is C22H28N2O2. The van der Waals surface area contributed by atoms with Crippen molar-refractivity contribution in [3.8, 4) is 5.75 Å². The molecule has 1 unspecified atom stereocenters. The van der Waals surface area contributed by atoms with Gasteiger partial charge in [0.1, 0.15) is 11.9 Å². The van der Waals surface area contributed by atoms with E-state index in [9.17, 15) is 4.79 Å². The molecule has 0 aromatic heterocycles. The second-order valence-corrected chi connectivity index (χ2v) is 7.04. The van der Waals surface area contributed by atoms with Crippen molar-refractivity contribution in [3.05, 3.63) is 59.7 Å². The van der Waals surface area contributed by atoms with Gasteiger partial charge in [-0.25, -0.2) is 0 Å². The highest BCUT2D eigenvalue weighted by Crippen LogP contribution is 2.27. The van der Waals surface area contributed by atoms with Crippen LogP contribution in [0.1, 0.15) is 44.2 Å². The van der Waals surface area contributed by atoms with Gasteiger partial charge >= 0.3 is 0 Å². The Labute approximate surface area is 156 Å². The average molecular weight is 352 g/mol. The summed E-state index contributed by atoms with van der Waals surface area (Å²) in [5.74, 6) is 0.981. The van der Waals surface area contributed by atoms with E-state index < -0.39 is 0 Å². The van der Waals surface area contributed by atoms with Crippen molar-refractivity contribution in [3.63, 3.8) is 0 Å². The Kier molecular flexibility index (Phi) is 6.29. The number of fused-ring (bicyclic) bond motifs is 1. The molecule has 4 nitrogen and oxygen atoms in total. The minimum atomic E-state index is -0.0437. The van der Waals surface area contributed by atoms with Crippen LogP contribution in [-0.2, 0) is 17.9 Å². The summed E-state index contributed by atoms with van der Waals surface area (Å²) in [6.07, 6.45) is 3.69. The second-order valence-electron chi connectivity index (χ2n) is 7.04. The first-order valence-electron chi connectivity index (χ1n) is 9.47. The maximum Gasteiger partial charge on any atom is 0.221 e. The smallest absolute Gasteiger partial charge is 0.221 e. The molecule has 2 aromatic carbocycles. The van der Waals surface area contributed by atoms with Crippen LogP contribution in [0.5, 0.6) is 5.75 Å². The Morgan fingerprint density at radius 1 is 1.19 bits per heavy atom. The summed E-state index contributed by atoms with van der Waals surface area (Å²) in [5, 5.41) is 2.82. The number of nitrogens with one attached hydrogen (secondary N) is 1. The maximum absolute atomic E-state index is 11.2. The standard InChI is InChI=1S/C22H28N2O2/c1-3-4-8-21-16-24(15-19-7-5-6-9-22(19)26-21)14-18-10-12-20(13-11-18)23-17(2)25/h5-7,9-13,21H,3-4,8,14-16H2,1-2H3,(H,23,25). The second kappa shape index (κ2) is 8.86. The topological polar surface area (TPSA) is 41.6 Å². The van der Waals surface area contributed by atoms with Crippen LogP contribution in [0.3, 0.4) is 0 Å². The lowest BCUT2D eigenvalue weighted by atomic mass is 10.1. The third-order valence-electron chi connectivity index (χ3n) is 4.68. The molecule has 0 spiro atoms. The van der Waals surface area contributed by atoms with Crippen molar-refractivity contribution in [2.75, 3.05) is 11.9 Å². The van der Waals surface area contributed by atoms with Gasteiger partial charge in [0.15, 0.2) is 0 Å². The van der Waals surface area contributed by atoms with Gasteiger partial charge in [-0.05, 0) is 36.6 Å². The molecule has 0 radical (unpaired) electrons. The highest BCUT2D eigenvalue weighted by Gasteiger charge is 2.22. The Bertz CT molecular complexity index is 727. The van der Waals surface area contributed by atoms with Crippen molar-refractivity contribution in [1.82, 2.24) is 4.90 Å². The summed E-state index contributed by atoms with van der Waals surface area (Å²) >= 11 is 0. The van der Waals surface area contributed by atoms with E-state index in [1.54, 1.807) is 0 Å². The van der Waals surface area contributed by atoms with Gasteiger partial charge in [-0.15, -0.1) is 0 Å². The molecule has 1 heterocycles. The number of benzene rings is 2. The first-order chi connectivity index (χ1) is 12.6. The molecule has 26 heavy (non-hydrogen) atoms. The van der Waals surface area contributed by atoms with E-state index in [4.69, 9.17) is 4.74 Å². The molecule has 0 bridgehead atoms. The minimum Gasteiger partial charge on any atom is -0.489 e. The summed E-state index contributed by atoms with van der Waals surface area (Å²) in [7, 11) is 0. The van der Waals surface area contributed by atoms with Crippen molar-refractivity contribution < 1.29 is 9.53 Å². The number of carbonyl (C=O) groups excluding carboxylic acids is 1. The fourth-order valence-electron chi connectivity index (χ4n) is 3.42. The molecule has 1 aliphatic rings. The third-order valence-corrected chi connectivity index (χ3v) is 4.68. The number of anilines is 1. The van der Waals surface area contributed by atoms with E-state index in [0.29, 0.717) is 0 Å². The van der Waals surface area contributed by atoms with Crippen LogP contribution < -0.4 is 10.1 Å². The quantitative estimate of drug-likeness (QED) is 0.826. The highest BCUT2D eigenvalue weighted by molar-refractivity contribution is 5.88. The zero-order valence-corrected chi connectivity index (χ0v) is 15.7. The van der Waals surface area contributed by atoms with Crippen LogP contribution in [0.2, 0.25) is 0 Å². The van der Waals surface area contributed by atoms with Gasteiger partial charge in [0, 0.05) is 37.8 Å². The SMILES string of the molecule is CCCCC1CN(Cc2ccc(NC(C)=O)cc2)Cc2ccccc2O1. The Morgan fingerprint density at radius 3 is 2.69 bits per heavy atom. The monoisotopic (exact) mass is 352 g/mol. The lowest BCUT2D eigenvalue weighted by Crippen LogP contribution is -2.32. The Balaban J connectivity index is 1.72. The molecule has 3 rings (SSSR count). The molecule has 0 fully saturated rings. The number of carbonyl (C=O) groups is 1. The molecule has 1 N–H and O–H groups in total. The molecule has 1 atom stereocenters. The van der Waals surface area contributed by atoms with Crippen LogP contribution >= 0.6 is 0 Å². The summed E-state index contributed by atoms with van der Waals surface area (Å²) < 4.78 is 6.30. The van der Waals surface area contributed by atoms with Crippen molar-refractivity contribution in [1.29, 1.82) is 0 Å². The van der Waals surface area contributed by atoms with E-state index in [1.807, 2.05) is 18.2 Å². The van der Waals surface area contributed by atoms with E-state index in [-0.39, 0.29) is 12.0 Å². The first-order valence-corrected chi connectivity index (χ1v) is 9.47. The summed E-state index contributed by atoms with van der Waals surface area (Å²) in [6.45, 7) is 6.45. The molecule has 1 amide bonds. The summed E-state index contributed by atoms with van der Waals surface area (Å²) in [4.78, 5) is 13.6. The van der Waals surface area contributed by atoms with Crippen molar-refractivity contribution in [2.45, 2.75) is 52.3 Å². The van der Waals surface area contributed by atoms with Crippen LogP contribution in [0, 0.1) is 0 Å². The summed E-state index contributed by atoms with van der Waals surface area (Å²) in [6, 6.07) is 16.5. The van der Waals surface area contributed by atoms with Crippen molar-refractivity contribution >= 4 is 11.6 Å². The average Bonchev–Trinajstić information content (AvgIpc) is 2.79. The lowest BCUT2D eigenvalue weighted by molar-refractivity contribution is -0.114. The fraction of sp³-hybridized carbons (Fsp3) is 0.409. The predicted molar refractivity (Wildman–Crippen MR) is 105 cm³/mol. The maximum atomic E-state index is 11.2. The number of hydrogen-bond acceptors (Lipinski definition) is 3. The first kappa shape index (κ1) is 18.5. The number of unbranched alkanes of at least 4 members (excludes halogenated alkanes) is 1. The number of para-hydroxylation sites is 1. The van der Waals surface area contributed by atoms with Gasteiger partial charge in [0.25, 0.3) is 0 Å². The molecule has 4 heteroatoms. The Hall–Kier alpha value is -2.33. The molecule has 2 aromatic rings. The lowest BCUT2D eigenvalue weighted by Gasteiger charge is -2.24. The van der Waals surface area contributed by atoms with Gasteiger partial charge in [0.2, 0.25) is 5.91 Å². The van der Waals surface area contributed by atoms with Gasteiger partial charge in [-0.2, -0.15) is 0 Å². The Morgan fingerprint density at radius 2 is 1.96 bits per heavy atom. The van der Waals surface area contributed by atoms with Gasteiger partial charge in [-0.1, -0.05) is 43.7 Å². The molecule has 0 saturated carbocycles. The van der Waals surface area contributed by atoms with Crippen LogP contribution in [0.25, 0.3) is 0 Å². The van der Waals surface area contributed by atoms with Crippen molar-refractivity contribution in [2.24, 2.45) is 0 Å². The third kappa shape index (κ3) is 5.09. The number of nitrogens with zero attached hydrogens (tertiary/aromatic N) is 1. The molecule has 1 aliphatic heterocycles. The fourth-order valence-corrected chi connectivity index (χ4v) is 3.42. The highest BCUT2D eigenvalue weighted by atomic mass is 16.5. The molecule has 138 valence electrons. The number of amides is 1. The minimum absolute atomic E-state index is 0.0437. The van der Waals surface area contributed by atoms with E-state index in [1.165, 1.54) is 30.9 Å². The molecule has 0 aliphatic carbocycles. The summed E-state index contributed by atoms with van der Waals surface area (Å²) in [5.41, 5.74) is 3.33. The van der Waals surface area contributed by atoms with Crippen LogP contribution in [0.4, 0.5) is 5.69 Å². The number of hydrogen-bond donors (Lipinski definition) is 1. The molecular weight excluding hydrogens is 324 g/mol. The van der Waals surface area contributed by atoms with Crippen LogP contribution in [0.15, 0.2) is 48.5 Å². The zero-order chi connectivity index (χ0) is 18.4. The zero-order valence-electron chi connectivity index (χ0n) is 15.7. The molecule has 0 saturated heterocycles. The number of ether oxygens (including phenoxy) is 1. The van der Waals surface area contributed by atoms with E-state index in [2.05, 4.69) is 47.5 Å². The largest absolute Gasteiger partial charge is 0.489 e.